The first kappa shape index (κ1) is 13.5. The van der Waals surface area contributed by atoms with E-state index < -0.39 is 11.9 Å². The molecule has 1 aromatic rings. The molecule has 2 nitrogen and oxygen atoms in total. The zero-order chi connectivity index (χ0) is 12.9. The molecule has 1 rings (SSSR count). The number of esters is 1. The second-order valence-electron chi connectivity index (χ2n) is 3.05. The van der Waals surface area contributed by atoms with Crippen LogP contribution in [0.25, 0.3) is 0 Å². The Balaban J connectivity index is 2.83. The molecule has 0 aliphatic carbocycles. The molecule has 0 saturated carbocycles. The predicted molar refractivity (Wildman–Crippen MR) is 59.9 cm³/mol. The molecule has 0 N–H and O–H groups in total. The Kier molecular flexibility index (Phi) is 4.47. The SMILES string of the molecule is CCOC(=O)C(F)(F)C#Cc1ccc(Cl)cc1. The molecule has 0 aliphatic rings. The summed E-state index contributed by atoms with van der Waals surface area (Å²) in [6, 6.07) is 6.01. The fraction of sp³-hybridized carbons (Fsp3) is 0.250. The maximum Gasteiger partial charge on any atom is 0.403 e. The second-order valence-corrected chi connectivity index (χ2v) is 3.49. The van der Waals surface area contributed by atoms with Crippen molar-refractivity contribution in [2.24, 2.45) is 0 Å². The van der Waals surface area contributed by atoms with Gasteiger partial charge < -0.3 is 4.74 Å². The minimum absolute atomic E-state index is 0.114. The van der Waals surface area contributed by atoms with Crippen LogP contribution in [0, 0.1) is 11.8 Å². The lowest BCUT2D eigenvalue weighted by atomic mass is 10.2. The highest BCUT2D eigenvalue weighted by atomic mass is 35.5. The van der Waals surface area contributed by atoms with E-state index in [1.54, 1.807) is 5.92 Å². The summed E-state index contributed by atoms with van der Waals surface area (Å²) in [4.78, 5) is 10.8. The van der Waals surface area contributed by atoms with Crippen LogP contribution < -0.4 is 0 Å². The van der Waals surface area contributed by atoms with Gasteiger partial charge in [-0.25, -0.2) is 4.79 Å². The first-order valence-corrected chi connectivity index (χ1v) is 5.17. The number of hydrogen-bond acceptors (Lipinski definition) is 2. The van der Waals surface area contributed by atoms with Crippen LogP contribution >= 0.6 is 11.6 Å². The smallest absolute Gasteiger partial charge is 0.403 e. The third-order valence-corrected chi connectivity index (χ3v) is 1.99. The highest BCUT2D eigenvalue weighted by molar-refractivity contribution is 6.30. The van der Waals surface area contributed by atoms with Crippen molar-refractivity contribution in [3.63, 3.8) is 0 Å². The highest BCUT2D eigenvalue weighted by Crippen LogP contribution is 2.15. The molecule has 0 aliphatic heterocycles. The second kappa shape index (κ2) is 5.65. The van der Waals surface area contributed by atoms with Crippen molar-refractivity contribution in [2.45, 2.75) is 12.8 Å². The molecule has 90 valence electrons. The maximum atomic E-state index is 13.1. The average Bonchev–Trinajstić information content (AvgIpc) is 2.29. The molecule has 0 spiro atoms. The van der Waals surface area contributed by atoms with Gasteiger partial charge in [0.05, 0.1) is 6.61 Å². The standard InChI is InChI=1S/C12H9ClF2O2/c1-2-17-11(16)12(14,15)8-7-9-3-5-10(13)6-4-9/h3-6H,2H2,1H3. The summed E-state index contributed by atoms with van der Waals surface area (Å²) >= 11 is 5.62. The van der Waals surface area contributed by atoms with E-state index >= 15 is 0 Å². The average molecular weight is 259 g/mol. The fourth-order valence-electron chi connectivity index (χ4n) is 0.957. The number of benzene rings is 1. The number of hydrogen-bond donors (Lipinski definition) is 0. The Labute approximate surface area is 103 Å². The van der Waals surface area contributed by atoms with Crippen LogP contribution in [0.2, 0.25) is 5.02 Å². The van der Waals surface area contributed by atoms with Gasteiger partial charge in [0, 0.05) is 10.6 Å². The molecule has 0 atom stereocenters. The lowest BCUT2D eigenvalue weighted by Gasteiger charge is -2.06. The lowest BCUT2D eigenvalue weighted by molar-refractivity contribution is -0.163. The molecular formula is C12H9ClF2O2. The number of rotatable bonds is 2. The summed E-state index contributed by atoms with van der Waals surface area (Å²) in [5, 5.41) is 0.479. The molecule has 0 amide bonds. The summed E-state index contributed by atoms with van der Waals surface area (Å²) < 4.78 is 30.4. The van der Waals surface area contributed by atoms with Crippen molar-refractivity contribution in [1.82, 2.24) is 0 Å². The Hall–Kier alpha value is -1.60. The molecule has 17 heavy (non-hydrogen) atoms. The van der Waals surface area contributed by atoms with Crippen LogP contribution in [0.5, 0.6) is 0 Å². The first-order valence-electron chi connectivity index (χ1n) is 4.79. The third kappa shape index (κ3) is 4.04. The van der Waals surface area contributed by atoms with E-state index in [1.165, 1.54) is 31.2 Å². The van der Waals surface area contributed by atoms with Crippen molar-refractivity contribution in [3.05, 3.63) is 34.9 Å². The molecule has 0 radical (unpaired) electrons. The topological polar surface area (TPSA) is 26.3 Å². The molecule has 0 fully saturated rings. The number of alkyl halides is 2. The van der Waals surface area contributed by atoms with Crippen LogP contribution in [0.4, 0.5) is 8.78 Å². The molecule has 0 aromatic heterocycles. The van der Waals surface area contributed by atoms with Crippen LogP contribution in [0.3, 0.4) is 0 Å². The quantitative estimate of drug-likeness (QED) is 0.602. The number of ether oxygens (including phenoxy) is 1. The van der Waals surface area contributed by atoms with Crippen molar-refractivity contribution < 1.29 is 18.3 Å². The third-order valence-electron chi connectivity index (χ3n) is 1.74. The van der Waals surface area contributed by atoms with Crippen molar-refractivity contribution in [1.29, 1.82) is 0 Å². The Morgan fingerprint density at radius 2 is 2.00 bits per heavy atom. The van der Waals surface area contributed by atoms with Gasteiger partial charge in [0.15, 0.2) is 0 Å². The summed E-state index contributed by atoms with van der Waals surface area (Å²) in [5.74, 6) is -1.66. The van der Waals surface area contributed by atoms with E-state index in [4.69, 9.17) is 11.6 Å². The zero-order valence-electron chi connectivity index (χ0n) is 8.97. The van der Waals surface area contributed by atoms with Crippen molar-refractivity contribution in [2.75, 3.05) is 6.61 Å². The van der Waals surface area contributed by atoms with Gasteiger partial charge in [0.25, 0.3) is 0 Å². The minimum Gasteiger partial charge on any atom is -0.461 e. The van der Waals surface area contributed by atoms with E-state index in [9.17, 15) is 13.6 Å². The molecule has 0 unspecified atom stereocenters. The molecule has 0 saturated heterocycles. The van der Waals surface area contributed by atoms with Crippen LogP contribution in [0.15, 0.2) is 24.3 Å². The molecule has 1 aromatic carbocycles. The van der Waals surface area contributed by atoms with Gasteiger partial charge in [-0.2, -0.15) is 8.78 Å². The maximum absolute atomic E-state index is 13.1. The van der Waals surface area contributed by atoms with Crippen molar-refractivity contribution >= 4 is 17.6 Å². The van der Waals surface area contributed by atoms with Gasteiger partial charge in [0.2, 0.25) is 0 Å². The van der Waals surface area contributed by atoms with E-state index in [-0.39, 0.29) is 6.61 Å². The largest absolute Gasteiger partial charge is 0.461 e. The summed E-state index contributed by atoms with van der Waals surface area (Å²) in [5.41, 5.74) is 0.346. The number of carbonyl (C=O) groups is 1. The van der Waals surface area contributed by atoms with Crippen molar-refractivity contribution in [3.8, 4) is 11.8 Å². The molecule has 0 bridgehead atoms. The van der Waals surface area contributed by atoms with E-state index in [0.717, 1.165) is 0 Å². The zero-order valence-corrected chi connectivity index (χ0v) is 9.72. The summed E-state index contributed by atoms with van der Waals surface area (Å²) in [6.45, 7) is 1.33. The first-order chi connectivity index (χ1) is 7.95. The van der Waals surface area contributed by atoms with Gasteiger partial charge in [0.1, 0.15) is 0 Å². The van der Waals surface area contributed by atoms with E-state index in [2.05, 4.69) is 10.7 Å². The Bertz CT molecular complexity index is 458. The number of halogens is 3. The van der Waals surface area contributed by atoms with Crippen LogP contribution in [0.1, 0.15) is 12.5 Å². The van der Waals surface area contributed by atoms with E-state index in [0.29, 0.717) is 10.6 Å². The van der Waals surface area contributed by atoms with Gasteiger partial charge in [-0.15, -0.1) is 0 Å². The van der Waals surface area contributed by atoms with Gasteiger partial charge in [-0.1, -0.05) is 17.5 Å². The predicted octanol–water partition coefficient (Wildman–Crippen LogP) is 2.89. The van der Waals surface area contributed by atoms with Crippen LogP contribution in [-0.4, -0.2) is 18.5 Å². The van der Waals surface area contributed by atoms with Gasteiger partial charge >= 0.3 is 11.9 Å². The van der Waals surface area contributed by atoms with Gasteiger partial charge in [-0.3, -0.25) is 0 Å². The summed E-state index contributed by atoms with van der Waals surface area (Å²) in [7, 11) is 0. The van der Waals surface area contributed by atoms with E-state index in [1.807, 2.05) is 0 Å². The molecular weight excluding hydrogens is 250 g/mol. The molecule has 5 heteroatoms. The Morgan fingerprint density at radius 3 is 2.53 bits per heavy atom. The normalized spacial score (nSPS) is 10.4. The lowest BCUT2D eigenvalue weighted by Crippen LogP contribution is -2.29. The molecule has 0 heterocycles. The highest BCUT2D eigenvalue weighted by Gasteiger charge is 2.38. The van der Waals surface area contributed by atoms with Crippen LogP contribution in [-0.2, 0) is 9.53 Å². The summed E-state index contributed by atoms with van der Waals surface area (Å²) in [6.07, 6.45) is 0. The van der Waals surface area contributed by atoms with Gasteiger partial charge in [-0.05, 0) is 37.1 Å². The Morgan fingerprint density at radius 1 is 1.41 bits per heavy atom. The number of carbonyl (C=O) groups excluding carboxylic acids is 1. The minimum atomic E-state index is -3.80. The fourth-order valence-corrected chi connectivity index (χ4v) is 1.08. The monoisotopic (exact) mass is 258 g/mol.